The Morgan fingerprint density at radius 1 is 1.16 bits per heavy atom. The monoisotopic (exact) mass is 419 g/mol. The van der Waals surface area contributed by atoms with Crippen molar-refractivity contribution in [2.24, 2.45) is 0 Å². The second-order valence-corrected chi connectivity index (χ2v) is 8.05. The lowest BCUT2D eigenvalue weighted by Gasteiger charge is -2.25. The first-order chi connectivity index (χ1) is 15.0. The molecule has 31 heavy (non-hydrogen) atoms. The fourth-order valence-corrected chi connectivity index (χ4v) is 4.08. The van der Waals surface area contributed by atoms with Crippen molar-refractivity contribution < 1.29 is 18.8 Å². The van der Waals surface area contributed by atoms with Crippen LogP contribution in [0.1, 0.15) is 34.1 Å². The first-order valence-corrected chi connectivity index (χ1v) is 10.5. The van der Waals surface area contributed by atoms with Gasteiger partial charge in [0, 0.05) is 13.0 Å². The van der Waals surface area contributed by atoms with Crippen LogP contribution in [-0.4, -0.2) is 44.6 Å². The third kappa shape index (κ3) is 3.99. The summed E-state index contributed by atoms with van der Waals surface area (Å²) in [5.41, 5.74) is 1.50. The molecule has 1 aromatic heterocycles. The van der Waals surface area contributed by atoms with Crippen molar-refractivity contribution in [1.29, 1.82) is 0 Å². The number of hydrogen-bond donors (Lipinski definition) is 1. The van der Waals surface area contributed by atoms with Crippen LogP contribution >= 0.6 is 0 Å². The molecule has 0 radical (unpaired) electrons. The summed E-state index contributed by atoms with van der Waals surface area (Å²) in [5, 5.41) is 0.484. The molecule has 6 nitrogen and oxygen atoms in total. The van der Waals surface area contributed by atoms with E-state index in [4.69, 9.17) is 9.15 Å². The zero-order valence-electron chi connectivity index (χ0n) is 17.9. The summed E-state index contributed by atoms with van der Waals surface area (Å²) in [5.74, 6) is 0.568. The van der Waals surface area contributed by atoms with E-state index in [1.165, 1.54) is 4.90 Å². The van der Waals surface area contributed by atoms with Crippen LogP contribution in [0.5, 0.6) is 5.75 Å². The Kier molecular flexibility index (Phi) is 5.91. The standard InChI is InChI=1S/C25H26N2O4/c1-4-15-30-18-10-7-9-17(16-18)22-21-23(28)19-11-5-6-12-20(19)31-24(21)25(29)27(22)14-8-13-26(2)3/h4-7,9-12,16,22H,1,8,13-15H2,2-3H3/p+1/t22-/m0/s1. The number of fused-ring (bicyclic) bond motifs is 2. The predicted molar refractivity (Wildman–Crippen MR) is 120 cm³/mol. The number of nitrogens with zero attached hydrogens (tertiary/aromatic N) is 1. The lowest BCUT2D eigenvalue weighted by molar-refractivity contribution is -0.858. The van der Waals surface area contributed by atoms with Crippen molar-refractivity contribution in [3.05, 3.63) is 88.3 Å². The normalized spacial score (nSPS) is 15.5. The second kappa shape index (κ2) is 8.78. The van der Waals surface area contributed by atoms with Crippen LogP contribution in [0.15, 0.2) is 70.4 Å². The Morgan fingerprint density at radius 2 is 1.97 bits per heavy atom. The van der Waals surface area contributed by atoms with Gasteiger partial charge in [0.1, 0.15) is 17.9 Å². The molecule has 4 rings (SSSR count). The zero-order chi connectivity index (χ0) is 22.0. The van der Waals surface area contributed by atoms with Crippen LogP contribution < -0.4 is 15.1 Å². The molecular formula is C25H27N2O4+. The van der Waals surface area contributed by atoms with Crippen molar-refractivity contribution >= 4 is 16.9 Å². The highest BCUT2D eigenvalue weighted by Gasteiger charge is 2.42. The van der Waals surface area contributed by atoms with Gasteiger partial charge in [-0.15, -0.1) is 0 Å². The number of ether oxygens (including phenoxy) is 1. The van der Waals surface area contributed by atoms with Crippen LogP contribution in [0, 0.1) is 0 Å². The molecule has 1 aliphatic rings. The molecule has 2 heterocycles. The Hall–Kier alpha value is -3.38. The quantitative estimate of drug-likeness (QED) is 0.570. The van der Waals surface area contributed by atoms with Crippen LogP contribution in [0.3, 0.4) is 0 Å². The van der Waals surface area contributed by atoms with Gasteiger partial charge in [0.05, 0.1) is 37.6 Å². The Labute approximate surface area is 181 Å². The number of hydrogen-bond acceptors (Lipinski definition) is 4. The summed E-state index contributed by atoms with van der Waals surface area (Å²) in [6.45, 7) is 5.51. The van der Waals surface area contributed by atoms with Crippen LogP contribution in [-0.2, 0) is 0 Å². The van der Waals surface area contributed by atoms with E-state index < -0.39 is 6.04 Å². The molecule has 3 aromatic rings. The predicted octanol–water partition coefficient (Wildman–Crippen LogP) is 2.44. The van der Waals surface area contributed by atoms with Gasteiger partial charge in [-0.05, 0) is 29.8 Å². The molecular weight excluding hydrogens is 392 g/mol. The summed E-state index contributed by atoms with van der Waals surface area (Å²) >= 11 is 0. The fourth-order valence-electron chi connectivity index (χ4n) is 4.08. The van der Waals surface area contributed by atoms with E-state index in [-0.39, 0.29) is 17.1 Å². The number of carbonyl (C=O) groups is 1. The van der Waals surface area contributed by atoms with Crippen molar-refractivity contribution in [2.75, 3.05) is 33.8 Å². The summed E-state index contributed by atoms with van der Waals surface area (Å²) < 4.78 is 11.7. The fraction of sp³-hybridized carbons (Fsp3) is 0.280. The Balaban J connectivity index is 1.83. The molecule has 0 unspecified atom stereocenters. The smallest absolute Gasteiger partial charge is 0.290 e. The minimum absolute atomic E-state index is 0.142. The molecule has 1 N–H and O–H groups in total. The number of carbonyl (C=O) groups excluding carboxylic acids is 1. The van der Waals surface area contributed by atoms with Gasteiger partial charge >= 0.3 is 0 Å². The summed E-state index contributed by atoms with van der Waals surface area (Å²) in [6, 6.07) is 14.1. The topological polar surface area (TPSA) is 64.2 Å². The number of para-hydroxylation sites is 1. The third-order valence-corrected chi connectivity index (χ3v) is 5.49. The molecule has 160 valence electrons. The van der Waals surface area contributed by atoms with Gasteiger partial charge in [0.25, 0.3) is 5.91 Å². The maximum Gasteiger partial charge on any atom is 0.290 e. The van der Waals surface area contributed by atoms with E-state index in [0.717, 1.165) is 18.5 Å². The number of nitrogens with one attached hydrogen (secondary N) is 1. The summed E-state index contributed by atoms with van der Waals surface area (Å²) in [6.07, 6.45) is 2.50. The van der Waals surface area contributed by atoms with E-state index >= 15 is 0 Å². The highest BCUT2D eigenvalue weighted by molar-refractivity contribution is 5.99. The average Bonchev–Trinajstić information content (AvgIpc) is 3.04. The molecule has 0 aliphatic carbocycles. The Bertz CT molecular complexity index is 1180. The maximum atomic E-state index is 13.4. The van der Waals surface area contributed by atoms with Crippen LogP contribution in [0.4, 0.5) is 0 Å². The maximum absolute atomic E-state index is 13.4. The van der Waals surface area contributed by atoms with E-state index in [0.29, 0.717) is 35.4 Å². The third-order valence-electron chi connectivity index (χ3n) is 5.49. The molecule has 0 bridgehead atoms. The summed E-state index contributed by atoms with van der Waals surface area (Å²) in [7, 11) is 4.16. The molecule has 1 amide bonds. The molecule has 1 atom stereocenters. The minimum Gasteiger partial charge on any atom is -0.490 e. The van der Waals surface area contributed by atoms with Crippen molar-refractivity contribution in [3.8, 4) is 5.75 Å². The van der Waals surface area contributed by atoms with Gasteiger partial charge in [-0.3, -0.25) is 9.59 Å². The number of amides is 1. The second-order valence-electron chi connectivity index (χ2n) is 8.05. The van der Waals surface area contributed by atoms with Crippen molar-refractivity contribution in [1.82, 2.24) is 4.90 Å². The van der Waals surface area contributed by atoms with Crippen molar-refractivity contribution in [2.45, 2.75) is 12.5 Å². The SMILES string of the molecule is C=CCOc1cccc([C@H]2c3c(oc4ccccc4c3=O)C(=O)N2CCC[NH+](C)C)c1. The average molecular weight is 420 g/mol. The summed E-state index contributed by atoms with van der Waals surface area (Å²) in [4.78, 5) is 29.9. The van der Waals surface area contributed by atoms with Gasteiger partial charge < -0.3 is 19.0 Å². The minimum atomic E-state index is -0.507. The van der Waals surface area contributed by atoms with Gasteiger partial charge in [0.15, 0.2) is 5.43 Å². The van der Waals surface area contributed by atoms with E-state index in [1.54, 1.807) is 35.2 Å². The molecule has 6 heteroatoms. The number of quaternary nitrogens is 1. The van der Waals surface area contributed by atoms with Gasteiger partial charge in [-0.1, -0.05) is 36.9 Å². The van der Waals surface area contributed by atoms with Crippen molar-refractivity contribution in [3.63, 3.8) is 0 Å². The Morgan fingerprint density at radius 3 is 2.74 bits per heavy atom. The number of benzene rings is 2. The molecule has 0 fully saturated rings. The van der Waals surface area contributed by atoms with Crippen LogP contribution in [0.2, 0.25) is 0 Å². The first-order valence-electron chi connectivity index (χ1n) is 10.5. The molecule has 2 aromatic carbocycles. The molecule has 0 spiro atoms. The van der Waals surface area contributed by atoms with E-state index in [1.807, 2.05) is 24.3 Å². The largest absolute Gasteiger partial charge is 0.490 e. The molecule has 0 saturated carbocycles. The van der Waals surface area contributed by atoms with Gasteiger partial charge in [-0.2, -0.15) is 0 Å². The molecule has 1 aliphatic heterocycles. The van der Waals surface area contributed by atoms with E-state index in [2.05, 4.69) is 20.7 Å². The lowest BCUT2D eigenvalue weighted by atomic mass is 9.98. The first kappa shape index (κ1) is 20.9. The highest BCUT2D eigenvalue weighted by Crippen LogP contribution is 2.39. The lowest BCUT2D eigenvalue weighted by Crippen LogP contribution is -3.05. The van der Waals surface area contributed by atoms with Gasteiger partial charge in [-0.25, -0.2) is 0 Å². The van der Waals surface area contributed by atoms with E-state index in [9.17, 15) is 9.59 Å². The molecule has 0 saturated heterocycles. The zero-order valence-corrected chi connectivity index (χ0v) is 17.9. The number of rotatable bonds is 8. The van der Waals surface area contributed by atoms with Gasteiger partial charge in [0.2, 0.25) is 5.76 Å². The highest BCUT2D eigenvalue weighted by atomic mass is 16.5. The van der Waals surface area contributed by atoms with Crippen LogP contribution in [0.25, 0.3) is 11.0 Å².